The summed E-state index contributed by atoms with van der Waals surface area (Å²) in [4.78, 5) is 23.9. The molecule has 1 aliphatic heterocycles. The molecule has 1 atom stereocenters. The second-order valence-corrected chi connectivity index (χ2v) is 4.44. The lowest BCUT2D eigenvalue weighted by Gasteiger charge is -2.31. The summed E-state index contributed by atoms with van der Waals surface area (Å²) in [6.07, 6.45) is 0.587. The molecule has 0 spiro atoms. The highest BCUT2D eigenvalue weighted by atomic mass is 16.4. The van der Waals surface area contributed by atoms with Crippen molar-refractivity contribution in [3.63, 3.8) is 0 Å². The summed E-state index contributed by atoms with van der Waals surface area (Å²) < 4.78 is 0. The van der Waals surface area contributed by atoms with Gasteiger partial charge in [-0.2, -0.15) is 0 Å². The standard InChI is InChI=1S/C11H21N3O3/c1-9-7-14(6-5-12-9)8-10(15)13-4-2-3-11(16)17/h9,12H,2-8H2,1H3,(H,13,15)(H,16,17)/t9-/m0/s1. The number of hydrogen-bond acceptors (Lipinski definition) is 4. The van der Waals surface area contributed by atoms with Gasteiger partial charge in [-0.15, -0.1) is 0 Å². The summed E-state index contributed by atoms with van der Waals surface area (Å²) in [5.41, 5.74) is 0. The van der Waals surface area contributed by atoms with Crippen LogP contribution in [-0.4, -0.2) is 60.6 Å². The van der Waals surface area contributed by atoms with Gasteiger partial charge in [-0.05, 0) is 13.3 Å². The van der Waals surface area contributed by atoms with Crippen LogP contribution in [0.1, 0.15) is 19.8 Å². The molecule has 0 aromatic carbocycles. The Balaban J connectivity index is 2.09. The highest BCUT2D eigenvalue weighted by Crippen LogP contribution is 1.97. The molecular formula is C11H21N3O3. The maximum atomic E-state index is 11.5. The van der Waals surface area contributed by atoms with Crippen LogP contribution in [0.25, 0.3) is 0 Å². The lowest BCUT2D eigenvalue weighted by molar-refractivity contribution is -0.137. The normalized spacial score (nSPS) is 21.1. The summed E-state index contributed by atoms with van der Waals surface area (Å²) in [6.45, 7) is 5.60. The third-order valence-electron chi connectivity index (χ3n) is 2.71. The van der Waals surface area contributed by atoms with Crippen LogP contribution >= 0.6 is 0 Å². The van der Waals surface area contributed by atoms with Gasteiger partial charge in [-0.1, -0.05) is 0 Å². The van der Waals surface area contributed by atoms with Crippen molar-refractivity contribution in [1.82, 2.24) is 15.5 Å². The van der Waals surface area contributed by atoms with Gasteiger partial charge in [0.15, 0.2) is 0 Å². The molecule has 1 amide bonds. The van der Waals surface area contributed by atoms with Gasteiger partial charge in [0.2, 0.25) is 5.91 Å². The van der Waals surface area contributed by atoms with Crippen molar-refractivity contribution in [3.8, 4) is 0 Å². The second kappa shape index (κ2) is 7.24. The van der Waals surface area contributed by atoms with E-state index in [9.17, 15) is 9.59 Å². The molecule has 1 rings (SSSR count). The fourth-order valence-corrected chi connectivity index (χ4v) is 1.88. The van der Waals surface area contributed by atoms with Crippen LogP contribution in [0.3, 0.4) is 0 Å². The molecule has 0 aliphatic carbocycles. The molecule has 6 heteroatoms. The molecule has 6 nitrogen and oxygen atoms in total. The van der Waals surface area contributed by atoms with Crippen molar-refractivity contribution < 1.29 is 14.7 Å². The third kappa shape index (κ3) is 6.23. The first-order valence-corrected chi connectivity index (χ1v) is 6.02. The molecule has 3 N–H and O–H groups in total. The van der Waals surface area contributed by atoms with E-state index in [2.05, 4.69) is 22.5 Å². The molecule has 0 radical (unpaired) electrons. The van der Waals surface area contributed by atoms with Crippen LogP contribution in [0.15, 0.2) is 0 Å². The van der Waals surface area contributed by atoms with Gasteiger partial charge in [0.05, 0.1) is 6.54 Å². The minimum atomic E-state index is -0.824. The maximum Gasteiger partial charge on any atom is 0.303 e. The van der Waals surface area contributed by atoms with E-state index < -0.39 is 5.97 Å². The molecule has 0 unspecified atom stereocenters. The average molecular weight is 243 g/mol. The minimum Gasteiger partial charge on any atom is -0.481 e. The first-order valence-electron chi connectivity index (χ1n) is 6.02. The van der Waals surface area contributed by atoms with E-state index in [1.165, 1.54) is 0 Å². The van der Waals surface area contributed by atoms with Crippen molar-refractivity contribution in [2.24, 2.45) is 0 Å². The summed E-state index contributed by atoms with van der Waals surface area (Å²) in [7, 11) is 0. The monoisotopic (exact) mass is 243 g/mol. The van der Waals surface area contributed by atoms with Crippen LogP contribution in [-0.2, 0) is 9.59 Å². The fraction of sp³-hybridized carbons (Fsp3) is 0.818. The molecule has 0 saturated carbocycles. The summed E-state index contributed by atoms with van der Waals surface area (Å²) in [6, 6.07) is 0.420. The van der Waals surface area contributed by atoms with Gasteiger partial charge in [0, 0.05) is 38.6 Å². The number of carbonyl (C=O) groups is 2. The molecule has 1 fully saturated rings. The Labute approximate surface area is 101 Å². The Bertz CT molecular complexity index is 271. The largest absolute Gasteiger partial charge is 0.481 e. The van der Waals surface area contributed by atoms with Crippen LogP contribution in [0.4, 0.5) is 0 Å². The average Bonchev–Trinajstić information content (AvgIpc) is 2.24. The highest BCUT2D eigenvalue weighted by molar-refractivity contribution is 5.78. The van der Waals surface area contributed by atoms with Gasteiger partial charge < -0.3 is 15.7 Å². The van der Waals surface area contributed by atoms with E-state index in [0.29, 0.717) is 25.6 Å². The molecule has 0 bridgehead atoms. The lowest BCUT2D eigenvalue weighted by Crippen LogP contribution is -2.51. The van der Waals surface area contributed by atoms with Crippen LogP contribution in [0.5, 0.6) is 0 Å². The number of carbonyl (C=O) groups excluding carboxylic acids is 1. The van der Waals surface area contributed by atoms with E-state index in [4.69, 9.17) is 5.11 Å². The summed E-state index contributed by atoms with van der Waals surface area (Å²) >= 11 is 0. The Morgan fingerprint density at radius 2 is 2.29 bits per heavy atom. The molecule has 0 aromatic heterocycles. The van der Waals surface area contributed by atoms with Crippen molar-refractivity contribution in [1.29, 1.82) is 0 Å². The van der Waals surface area contributed by atoms with Gasteiger partial charge in [-0.3, -0.25) is 14.5 Å². The predicted molar refractivity (Wildman–Crippen MR) is 63.8 cm³/mol. The number of carboxylic acids is 1. The molecule has 17 heavy (non-hydrogen) atoms. The smallest absolute Gasteiger partial charge is 0.303 e. The van der Waals surface area contributed by atoms with Crippen molar-refractivity contribution >= 4 is 11.9 Å². The van der Waals surface area contributed by atoms with E-state index in [1.54, 1.807) is 0 Å². The molecule has 1 saturated heterocycles. The van der Waals surface area contributed by atoms with Crippen molar-refractivity contribution in [2.45, 2.75) is 25.8 Å². The number of rotatable bonds is 6. The number of nitrogens with zero attached hydrogens (tertiary/aromatic N) is 1. The number of hydrogen-bond donors (Lipinski definition) is 3. The molecule has 98 valence electrons. The zero-order valence-electron chi connectivity index (χ0n) is 10.2. The quantitative estimate of drug-likeness (QED) is 0.535. The first-order chi connectivity index (χ1) is 8.08. The summed E-state index contributed by atoms with van der Waals surface area (Å²) in [5.74, 6) is -0.848. The number of amides is 1. The first kappa shape index (κ1) is 13.9. The predicted octanol–water partition coefficient (Wildman–Crippen LogP) is -0.739. The number of nitrogens with one attached hydrogen (secondary N) is 2. The zero-order chi connectivity index (χ0) is 12.7. The van der Waals surface area contributed by atoms with Gasteiger partial charge in [0.1, 0.15) is 0 Å². The van der Waals surface area contributed by atoms with E-state index in [-0.39, 0.29) is 12.3 Å². The topological polar surface area (TPSA) is 81.7 Å². The maximum absolute atomic E-state index is 11.5. The second-order valence-electron chi connectivity index (χ2n) is 4.44. The number of aliphatic carboxylic acids is 1. The Kier molecular flexibility index (Phi) is 5.93. The Morgan fingerprint density at radius 1 is 1.53 bits per heavy atom. The third-order valence-corrected chi connectivity index (χ3v) is 2.71. The number of carboxylic acid groups (broad SMARTS) is 1. The molecule has 1 heterocycles. The van der Waals surface area contributed by atoms with Crippen LogP contribution < -0.4 is 10.6 Å². The van der Waals surface area contributed by atoms with Crippen molar-refractivity contribution in [3.05, 3.63) is 0 Å². The summed E-state index contributed by atoms with van der Waals surface area (Å²) in [5, 5.41) is 14.5. The van der Waals surface area contributed by atoms with Gasteiger partial charge in [-0.25, -0.2) is 0 Å². The van der Waals surface area contributed by atoms with E-state index in [1.807, 2.05) is 0 Å². The minimum absolute atomic E-state index is 0.0236. The van der Waals surface area contributed by atoms with E-state index in [0.717, 1.165) is 19.6 Å². The molecule has 0 aromatic rings. The molecular weight excluding hydrogens is 222 g/mol. The number of piperazine rings is 1. The fourth-order valence-electron chi connectivity index (χ4n) is 1.88. The Morgan fingerprint density at radius 3 is 2.94 bits per heavy atom. The zero-order valence-corrected chi connectivity index (χ0v) is 10.2. The van der Waals surface area contributed by atoms with E-state index >= 15 is 0 Å². The molecule has 1 aliphatic rings. The van der Waals surface area contributed by atoms with Gasteiger partial charge in [0.25, 0.3) is 0 Å². The highest BCUT2D eigenvalue weighted by Gasteiger charge is 2.17. The van der Waals surface area contributed by atoms with Crippen molar-refractivity contribution in [2.75, 3.05) is 32.7 Å². The van der Waals surface area contributed by atoms with Gasteiger partial charge >= 0.3 is 5.97 Å². The van der Waals surface area contributed by atoms with Crippen LogP contribution in [0.2, 0.25) is 0 Å². The Hall–Kier alpha value is -1.14. The van der Waals surface area contributed by atoms with Crippen LogP contribution in [0, 0.1) is 0 Å². The SMILES string of the molecule is C[C@H]1CN(CC(=O)NCCCC(=O)O)CCN1. The lowest BCUT2D eigenvalue weighted by atomic mass is 10.2.